The van der Waals surface area contributed by atoms with Gasteiger partial charge in [0.25, 0.3) is 0 Å². The topological polar surface area (TPSA) is 181 Å². The molecule has 1 aliphatic carbocycles. The Balaban J connectivity index is 1.89. The van der Waals surface area contributed by atoms with Gasteiger partial charge in [-0.05, 0) is 54.0 Å². The zero-order valence-corrected chi connectivity index (χ0v) is 23.1. The third-order valence-corrected chi connectivity index (χ3v) is 7.71. The number of rotatable bonds is 7. The number of methoxy groups -OCH3 is 2. The van der Waals surface area contributed by atoms with E-state index in [0.29, 0.717) is 40.0 Å². The second-order valence-electron chi connectivity index (χ2n) is 9.40. The lowest BCUT2D eigenvalue weighted by Crippen LogP contribution is -2.61. The molecule has 6 atom stereocenters. The van der Waals surface area contributed by atoms with Crippen LogP contribution in [-0.2, 0) is 20.7 Å². The Bertz CT molecular complexity index is 1370. The van der Waals surface area contributed by atoms with E-state index in [1.807, 2.05) is 0 Å². The summed E-state index contributed by atoms with van der Waals surface area (Å²) in [6.45, 7) is 1.40. The minimum Gasteiger partial charge on any atom is -0.492 e. The second kappa shape index (κ2) is 12.0. The number of carboxylic acids is 1. The maximum atomic E-state index is 13.0. The number of aliphatic carboxylic acids is 1. The minimum atomic E-state index is -1.88. The van der Waals surface area contributed by atoms with Gasteiger partial charge in [0.1, 0.15) is 18.3 Å². The average molecular weight is 578 g/mol. The molecule has 2 aromatic carbocycles. The third kappa shape index (κ3) is 5.47. The standard InChI is InChI=1S/C27H31NO11S/c1-11(29)28-15-7-5-12-9-17(38-27-22(33)20(31)21(32)25(39-27)26(34)35)23(36-2)24(37-3)19(12)13-6-8-18(40-4)16(30)10-14(13)15/h6,8-10,15,20-22,25,27,31-33H,5,7H2,1-4H3,(H,28,29)(H,34,35)/t15-,20?,21?,22?,25?,27?/m1/s1. The summed E-state index contributed by atoms with van der Waals surface area (Å²) in [4.78, 5) is 37.1. The zero-order valence-electron chi connectivity index (χ0n) is 22.2. The van der Waals surface area contributed by atoms with Crippen molar-refractivity contribution in [2.24, 2.45) is 0 Å². The summed E-state index contributed by atoms with van der Waals surface area (Å²) in [5.74, 6) is -1.49. The number of hydrogen-bond acceptors (Lipinski definition) is 11. The molecule has 4 rings (SSSR count). The zero-order chi connectivity index (χ0) is 29.3. The van der Waals surface area contributed by atoms with E-state index in [1.165, 1.54) is 39.0 Å². The molecule has 0 spiro atoms. The van der Waals surface area contributed by atoms with Crippen molar-refractivity contribution in [3.63, 3.8) is 0 Å². The Kier molecular flexibility index (Phi) is 8.90. The predicted octanol–water partition coefficient (Wildman–Crippen LogP) is 0.847. The van der Waals surface area contributed by atoms with Crippen LogP contribution in [0.4, 0.5) is 0 Å². The fourth-order valence-corrected chi connectivity index (χ4v) is 5.54. The van der Waals surface area contributed by atoms with Crippen LogP contribution in [0.3, 0.4) is 0 Å². The molecule has 1 aliphatic heterocycles. The fourth-order valence-electron chi connectivity index (χ4n) is 5.07. The van der Waals surface area contributed by atoms with E-state index in [2.05, 4.69) is 5.32 Å². The first-order valence-electron chi connectivity index (χ1n) is 12.4. The summed E-state index contributed by atoms with van der Waals surface area (Å²) < 4.78 is 22.5. The van der Waals surface area contributed by atoms with Gasteiger partial charge in [0, 0.05) is 12.5 Å². The summed E-state index contributed by atoms with van der Waals surface area (Å²) in [6, 6.07) is 6.12. The van der Waals surface area contributed by atoms with Crippen molar-refractivity contribution >= 4 is 23.6 Å². The molecule has 0 aromatic heterocycles. The number of carboxylic acid groups (broad SMARTS) is 1. The summed E-state index contributed by atoms with van der Waals surface area (Å²) in [6.07, 6.45) is -6.44. The molecule has 5 unspecified atom stereocenters. The van der Waals surface area contributed by atoms with Crippen molar-refractivity contribution in [2.45, 2.75) is 61.4 Å². The smallest absolute Gasteiger partial charge is 0.335 e. The highest BCUT2D eigenvalue weighted by Gasteiger charge is 2.48. The molecule has 12 nitrogen and oxygen atoms in total. The van der Waals surface area contributed by atoms with Gasteiger partial charge in [0.2, 0.25) is 17.9 Å². The minimum absolute atomic E-state index is 0.0176. The molecule has 0 radical (unpaired) electrons. The molecule has 1 amide bonds. The van der Waals surface area contributed by atoms with E-state index in [0.717, 1.165) is 0 Å². The molecule has 1 fully saturated rings. The van der Waals surface area contributed by atoms with Crippen LogP contribution in [0.1, 0.15) is 30.5 Å². The third-order valence-electron chi connectivity index (χ3n) is 6.93. The van der Waals surface area contributed by atoms with Crippen LogP contribution in [0.15, 0.2) is 34.0 Å². The number of amides is 1. The number of carbonyl (C=O) groups is 2. The number of fused-ring (bicyclic) bond motifs is 3. The Labute approximate surface area is 233 Å². The summed E-state index contributed by atoms with van der Waals surface area (Å²) in [5, 5.41) is 43.1. The number of hydrogen-bond donors (Lipinski definition) is 5. The molecule has 13 heteroatoms. The molecule has 216 valence electrons. The SMILES string of the molecule is COc1c(OC2OC(C(=O)O)C(O)C(O)C2O)cc2c(c1OC)-c1ccc(SC)c(=O)cc1[C@H](NC(C)=O)CC2. The highest BCUT2D eigenvalue weighted by molar-refractivity contribution is 7.98. The van der Waals surface area contributed by atoms with Gasteiger partial charge in [-0.15, -0.1) is 11.8 Å². The lowest BCUT2D eigenvalue weighted by molar-refractivity contribution is -0.271. The molecule has 5 N–H and O–H groups in total. The van der Waals surface area contributed by atoms with E-state index in [-0.39, 0.29) is 28.6 Å². The molecule has 2 aromatic rings. The Hall–Kier alpha value is -3.36. The highest BCUT2D eigenvalue weighted by atomic mass is 32.2. The number of thioether (sulfide) groups is 1. The molecule has 2 aliphatic rings. The van der Waals surface area contributed by atoms with Crippen LogP contribution in [-0.4, -0.2) is 83.5 Å². The first kappa shape index (κ1) is 29.6. The number of aliphatic hydroxyl groups excluding tert-OH is 3. The van der Waals surface area contributed by atoms with Crippen LogP contribution < -0.4 is 25.0 Å². The normalized spacial score (nSPS) is 25.6. The van der Waals surface area contributed by atoms with Gasteiger partial charge in [-0.3, -0.25) is 9.59 Å². The molecule has 1 heterocycles. The van der Waals surface area contributed by atoms with Crippen molar-refractivity contribution in [1.29, 1.82) is 0 Å². The first-order valence-corrected chi connectivity index (χ1v) is 13.6. The first-order chi connectivity index (χ1) is 19.0. The van der Waals surface area contributed by atoms with Crippen molar-refractivity contribution in [1.82, 2.24) is 5.32 Å². The van der Waals surface area contributed by atoms with Crippen LogP contribution in [0.5, 0.6) is 17.2 Å². The Morgan fingerprint density at radius 2 is 1.75 bits per heavy atom. The van der Waals surface area contributed by atoms with Crippen molar-refractivity contribution in [3.05, 3.63) is 45.6 Å². The Morgan fingerprint density at radius 1 is 1.05 bits per heavy atom. The predicted molar refractivity (Wildman–Crippen MR) is 143 cm³/mol. The largest absolute Gasteiger partial charge is 0.492 e. The van der Waals surface area contributed by atoms with Crippen molar-refractivity contribution in [3.8, 4) is 28.4 Å². The quantitative estimate of drug-likeness (QED) is 0.293. The van der Waals surface area contributed by atoms with Crippen LogP contribution >= 0.6 is 11.8 Å². The molecule has 1 saturated heterocycles. The average Bonchev–Trinajstić information content (AvgIpc) is 3.16. The lowest BCUT2D eigenvalue weighted by Gasteiger charge is -2.38. The molecule has 0 saturated carbocycles. The molecular formula is C27H31NO11S. The van der Waals surface area contributed by atoms with E-state index in [1.54, 1.807) is 24.5 Å². The number of aliphatic hydroxyl groups is 3. The van der Waals surface area contributed by atoms with Crippen LogP contribution in [0, 0.1) is 0 Å². The monoisotopic (exact) mass is 577 g/mol. The van der Waals surface area contributed by atoms with Gasteiger partial charge in [0.05, 0.1) is 25.2 Å². The van der Waals surface area contributed by atoms with Gasteiger partial charge >= 0.3 is 5.97 Å². The van der Waals surface area contributed by atoms with Gasteiger partial charge in [0.15, 0.2) is 23.0 Å². The number of carbonyl (C=O) groups excluding carboxylic acids is 1. The number of ether oxygens (including phenoxy) is 4. The van der Waals surface area contributed by atoms with E-state index in [4.69, 9.17) is 18.9 Å². The van der Waals surface area contributed by atoms with E-state index < -0.39 is 42.7 Å². The van der Waals surface area contributed by atoms with Crippen LogP contribution in [0.2, 0.25) is 0 Å². The van der Waals surface area contributed by atoms with Gasteiger partial charge < -0.3 is 44.7 Å². The summed E-state index contributed by atoms with van der Waals surface area (Å²) in [5.41, 5.74) is 2.31. The molecule has 0 bridgehead atoms. The van der Waals surface area contributed by atoms with Gasteiger partial charge in [-0.1, -0.05) is 6.07 Å². The number of nitrogens with one attached hydrogen (secondary N) is 1. The van der Waals surface area contributed by atoms with Crippen molar-refractivity contribution < 1.29 is 49.0 Å². The van der Waals surface area contributed by atoms with E-state index >= 15 is 0 Å². The van der Waals surface area contributed by atoms with Gasteiger partial charge in [-0.2, -0.15) is 0 Å². The van der Waals surface area contributed by atoms with Crippen molar-refractivity contribution in [2.75, 3.05) is 20.5 Å². The van der Waals surface area contributed by atoms with E-state index in [9.17, 15) is 34.8 Å². The van der Waals surface area contributed by atoms with Crippen LogP contribution in [0.25, 0.3) is 11.1 Å². The summed E-state index contributed by atoms with van der Waals surface area (Å²) >= 11 is 1.30. The van der Waals surface area contributed by atoms with Gasteiger partial charge in [-0.25, -0.2) is 4.79 Å². The lowest BCUT2D eigenvalue weighted by atomic mass is 9.95. The molecular weight excluding hydrogens is 546 g/mol. The molecule has 40 heavy (non-hydrogen) atoms. The summed E-state index contributed by atoms with van der Waals surface area (Å²) in [7, 11) is 2.78. The number of benzene rings is 1. The second-order valence-corrected chi connectivity index (χ2v) is 10.2. The Morgan fingerprint density at radius 3 is 2.35 bits per heavy atom. The maximum Gasteiger partial charge on any atom is 0.335 e. The highest BCUT2D eigenvalue weighted by Crippen LogP contribution is 2.50. The fraction of sp³-hybridized carbons (Fsp3) is 0.444. The maximum absolute atomic E-state index is 13.0. The number of aryl methyl sites for hydroxylation is 1.